The maximum atomic E-state index is 12.7. The summed E-state index contributed by atoms with van der Waals surface area (Å²) in [6, 6.07) is 0. The summed E-state index contributed by atoms with van der Waals surface area (Å²) in [5.74, 6) is -2.37. The molecule has 68 valence electrons. The molecule has 0 aromatic carbocycles. The van der Waals surface area contributed by atoms with Gasteiger partial charge in [0.2, 0.25) is 0 Å². The van der Waals surface area contributed by atoms with E-state index in [-0.39, 0.29) is 6.42 Å². The van der Waals surface area contributed by atoms with Crippen LogP contribution < -0.4 is 0 Å². The minimum absolute atomic E-state index is 0.0151. The number of halogens is 1. The maximum Gasteiger partial charge on any atom is 0.307 e. The second-order valence-corrected chi connectivity index (χ2v) is 3.16. The van der Waals surface area contributed by atoms with Gasteiger partial charge in [0.05, 0.1) is 5.92 Å². The Kier molecular flexibility index (Phi) is 2.78. The first-order valence-corrected chi connectivity index (χ1v) is 3.97. The van der Waals surface area contributed by atoms with E-state index in [2.05, 4.69) is 0 Å². The molecule has 3 atom stereocenters. The van der Waals surface area contributed by atoms with Crippen molar-refractivity contribution in [3.8, 4) is 0 Å². The van der Waals surface area contributed by atoms with Crippen molar-refractivity contribution in [3.05, 3.63) is 0 Å². The van der Waals surface area contributed by atoms with Gasteiger partial charge < -0.3 is 9.90 Å². The molecule has 1 rings (SSSR count). The van der Waals surface area contributed by atoms with Crippen LogP contribution in [0.3, 0.4) is 0 Å². The molecule has 1 fully saturated rings. The van der Waals surface area contributed by atoms with Crippen LogP contribution >= 0.6 is 0 Å². The fraction of sp³-hybridized carbons (Fsp3) is 0.750. The van der Waals surface area contributed by atoms with Crippen molar-refractivity contribution in [2.75, 3.05) is 0 Å². The lowest BCUT2D eigenvalue weighted by Crippen LogP contribution is -2.32. The zero-order valence-electron chi connectivity index (χ0n) is 6.57. The van der Waals surface area contributed by atoms with Crippen LogP contribution in [0.25, 0.3) is 0 Å². The molecule has 0 heterocycles. The van der Waals surface area contributed by atoms with Crippen LogP contribution in [0.1, 0.15) is 19.3 Å². The normalized spacial score (nSPS) is 35.9. The topological polar surface area (TPSA) is 54.4 Å². The van der Waals surface area contributed by atoms with Crippen LogP contribution in [-0.4, -0.2) is 23.5 Å². The van der Waals surface area contributed by atoms with E-state index in [1.54, 1.807) is 0 Å². The van der Waals surface area contributed by atoms with Gasteiger partial charge in [0.15, 0.2) is 0 Å². The Hall–Kier alpha value is -0.930. The summed E-state index contributed by atoms with van der Waals surface area (Å²) in [7, 11) is 0. The number of carbonyl (C=O) groups is 2. The van der Waals surface area contributed by atoms with Gasteiger partial charge in [-0.3, -0.25) is 4.79 Å². The molecule has 3 unspecified atom stereocenters. The third kappa shape index (κ3) is 1.81. The third-order valence-corrected chi connectivity index (χ3v) is 2.33. The van der Waals surface area contributed by atoms with Crippen molar-refractivity contribution in [2.45, 2.75) is 25.4 Å². The molecule has 4 heteroatoms. The van der Waals surface area contributed by atoms with Gasteiger partial charge in [-0.1, -0.05) is 0 Å². The molecule has 0 aromatic heterocycles. The SMILES string of the molecule is O=CC1CCC(F)CC1C(=O)O. The van der Waals surface area contributed by atoms with Gasteiger partial charge in [0.25, 0.3) is 0 Å². The number of alkyl halides is 1. The first-order valence-electron chi connectivity index (χ1n) is 3.97. The maximum absolute atomic E-state index is 12.7. The Balaban J connectivity index is 2.63. The number of carboxylic acids is 1. The molecule has 0 amide bonds. The van der Waals surface area contributed by atoms with Crippen molar-refractivity contribution in [1.82, 2.24) is 0 Å². The summed E-state index contributed by atoms with van der Waals surface area (Å²) >= 11 is 0. The van der Waals surface area contributed by atoms with E-state index in [0.717, 1.165) is 0 Å². The van der Waals surface area contributed by atoms with E-state index in [9.17, 15) is 14.0 Å². The van der Waals surface area contributed by atoms with Gasteiger partial charge in [-0.25, -0.2) is 4.39 Å². The first kappa shape index (κ1) is 9.16. The van der Waals surface area contributed by atoms with Gasteiger partial charge in [-0.2, -0.15) is 0 Å². The lowest BCUT2D eigenvalue weighted by atomic mass is 9.79. The van der Waals surface area contributed by atoms with Crippen molar-refractivity contribution in [1.29, 1.82) is 0 Å². The van der Waals surface area contributed by atoms with Gasteiger partial charge in [-0.15, -0.1) is 0 Å². The van der Waals surface area contributed by atoms with Crippen molar-refractivity contribution in [2.24, 2.45) is 11.8 Å². The van der Waals surface area contributed by atoms with Crippen molar-refractivity contribution >= 4 is 12.3 Å². The minimum atomic E-state index is -1.06. The summed E-state index contributed by atoms with van der Waals surface area (Å²) in [4.78, 5) is 20.9. The smallest absolute Gasteiger partial charge is 0.307 e. The largest absolute Gasteiger partial charge is 0.481 e. The molecule has 1 aliphatic rings. The molecule has 1 aliphatic carbocycles. The molecule has 0 saturated heterocycles. The minimum Gasteiger partial charge on any atom is -0.481 e. The summed E-state index contributed by atoms with van der Waals surface area (Å²) in [6.45, 7) is 0. The first-order chi connectivity index (χ1) is 5.65. The van der Waals surface area contributed by atoms with E-state index in [1.165, 1.54) is 0 Å². The fourth-order valence-corrected chi connectivity index (χ4v) is 1.59. The predicted octanol–water partition coefficient (Wildman–Crippen LogP) is 1.02. The molecular weight excluding hydrogens is 163 g/mol. The molecule has 0 bridgehead atoms. The Bertz CT molecular complexity index is 193. The molecule has 1 N–H and O–H groups in total. The number of aliphatic carboxylic acids is 1. The van der Waals surface area contributed by atoms with E-state index in [1.807, 2.05) is 0 Å². The van der Waals surface area contributed by atoms with Crippen LogP contribution in [0.15, 0.2) is 0 Å². The Morgan fingerprint density at radius 3 is 2.67 bits per heavy atom. The molecule has 1 saturated carbocycles. The Morgan fingerprint density at radius 2 is 2.17 bits per heavy atom. The van der Waals surface area contributed by atoms with Crippen LogP contribution in [0, 0.1) is 11.8 Å². The highest BCUT2D eigenvalue weighted by atomic mass is 19.1. The monoisotopic (exact) mass is 174 g/mol. The molecule has 0 aliphatic heterocycles. The number of aldehydes is 1. The third-order valence-electron chi connectivity index (χ3n) is 2.33. The number of carbonyl (C=O) groups excluding carboxylic acids is 1. The average Bonchev–Trinajstić information content (AvgIpc) is 2.04. The highest BCUT2D eigenvalue weighted by molar-refractivity contribution is 5.75. The van der Waals surface area contributed by atoms with Crippen LogP contribution in [-0.2, 0) is 9.59 Å². The highest BCUT2D eigenvalue weighted by Crippen LogP contribution is 2.30. The Labute approximate surface area is 69.6 Å². The summed E-state index contributed by atoms with van der Waals surface area (Å²) in [5.41, 5.74) is 0. The second-order valence-electron chi connectivity index (χ2n) is 3.16. The number of rotatable bonds is 2. The quantitative estimate of drug-likeness (QED) is 0.636. The molecule has 12 heavy (non-hydrogen) atoms. The van der Waals surface area contributed by atoms with E-state index < -0.39 is 24.0 Å². The van der Waals surface area contributed by atoms with Crippen LogP contribution in [0.5, 0.6) is 0 Å². The zero-order valence-corrected chi connectivity index (χ0v) is 6.57. The van der Waals surface area contributed by atoms with Crippen molar-refractivity contribution in [3.63, 3.8) is 0 Å². The lowest BCUT2D eigenvalue weighted by Gasteiger charge is -2.26. The summed E-state index contributed by atoms with van der Waals surface area (Å²) in [5, 5.41) is 8.63. The summed E-state index contributed by atoms with van der Waals surface area (Å²) in [6.07, 6.45) is 0.236. The van der Waals surface area contributed by atoms with Crippen LogP contribution in [0.4, 0.5) is 4.39 Å². The molecule has 0 radical (unpaired) electrons. The molecule has 0 aromatic rings. The van der Waals surface area contributed by atoms with Crippen LogP contribution in [0.2, 0.25) is 0 Å². The number of hydrogen-bond acceptors (Lipinski definition) is 2. The van der Waals surface area contributed by atoms with Gasteiger partial charge in [0.1, 0.15) is 12.5 Å². The molecule has 3 nitrogen and oxygen atoms in total. The standard InChI is InChI=1S/C8H11FO3/c9-6-2-1-5(4-10)7(3-6)8(11)12/h4-7H,1-3H2,(H,11,12). The van der Waals surface area contributed by atoms with Gasteiger partial charge in [-0.05, 0) is 19.3 Å². The second kappa shape index (κ2) is 3.65. The number of carboxylic acid groups (broad SMARTS) is 1. The van der Waals surface area contributed by atoms with Gasteiger partial charge >= 0.3 is 5.97 Å². The van der Waals surface area contributed by atoms with Gasteiger partial charge in [0, 0.05) is 5.92 Å². The molecule has 0 spiro atoms. The lowest BCUT2D eigenvalue weighted by molar-refractivity contribution is -0.147. The summed E-state index contributed by atoms with van der Waals surface area (Å²) < 4.78 is 12.7. The molecular formula is C8H11FO3. The highest BCUT2D eigenvalue weighted by Gasteiger charge is 2.34. The Morgan fingerprint density at radius 1 is 1.50 bits per heavy atom. The van der Waals surface area contributed by atoms with E-state index in [0.29, 0.717) is 19.1 Å². The van der Waals surface area contributed by atoms with Crippen molar-refractivity contribution < 1.29 is 19.1 Å². The average molecular weight is 174 g/mol. The van der Waals surface area contributed by atoms with E-state index in [4.69, 9.17) is 5.11 Å². The number of hydrogen-bond donors (Lipinski definition) is 1. The fourth-order valence-electron chi connectivity index (χ4n) is 1.59. The predicted molar refractivity (Wildman–Crippen MR) is 39.4 cm³/mol. The zero-order chi connectivity index (χ0) is 9.14. The van der Waals surface area contributed by atoms with E-state index >= 15 is 0 Å².